The first-order valence-electron chi connectivity index (χ1n) is 5.89. The maximum atomic E-state index is 5.79. The molecule has 1 atom stereocenters. The number of rotatable bonds is 2. The smallest absolute Gasteiger partial charge is 0.132 e. The highest BCUT2D eigenvalue weighted by atomic mass is 32.2. The molecular formula is C15H14O2S. The lowest BCUT2D eigenvalue weighted by Gasteiger charge is -2.25. The van der Waals surface area contributed by atoms with Crippen molar-refractivity contribution in [1.29, 1.82) is 0 Å². The van der Waals surface area contributed by atoms with E-state index in [0.717, 1.165) is 11.5 Å². The summed E-state index contributed by atoms with van der Waals surface area (Å²) in [7, 11) is 1.68. The van der Waals surface area contributed by atoms with E-state index < -0.39 is 0 Å². The third-order valence-corrected chi connectivity index (χ3v) is 4.28. The van der Waals surface area contributed by atoms with Crippen molar-refractivity contribution in [1.82, 2.24) is 0 Å². The molecular weight excluding hydrogens is 244 g/mol. The lowest BCUT2D eigenvalue weighted by Crippen LogP contribution is -2.12. The zero-order valence-corrected chi connectivity index (χ0v) is 10.9. The molecule has 0 aromatic heterocycles. The van der Waals surface area contributed by atoms with E-state index in [4.69, 9.17) is 9.47 Å². The van der Waals surface area contributed by atoms with Crippen LogP contribution in [-0.2, 0) is 0 Å². The minimum absolute atomic E-state index is 0.353. The van der Waals surface area contributed by atoms with E-state index in [1.807, 2.05) is 42.1 Å². The second kappa shape index (κ2) is 4.94. The molecule has 1 unspecified atom stereocenters. The van der Waals surface area contributed by atoms with Crippen LogP contribution in [0, 0.1) is 0 Å². The molecule has 2 aromatic rings. The second-order valence-electron chi connectivity index (χ2n) is 4.14. The van der Waals surface area contributed by atoms with E-state index in [9.17, 15) is 0 Å². The number of fused-ring (bicyclic) bond motifs is 1. The van der Waals surface area contributed by atoms with Gasteiger partial charge in [0.2, 0.25) is 0 Å². The van der Waals surface area contributed by atoms with Gasteiger partial charge in [-0.2, -0.15) is 0 Å². The highest BCUT2D eigenvalue weighted by Gasteiger charge is 2.21. The van der Waals surface area contributed by atoms with Crippen LogP contribution in [0.3, 0.4) is 0 Å². The average Bonchev–Trinajstić information content (AvgIpc) is 2.47. The maximum Gasteiger partial charge on any atom is 0.132 e. The van der Waals surface area contributed by atoms with Crippen LogP contribution < -0.4 is 9.47 Å². The molecule has 0 saturated carbocycles. The Morgan fingerprint density at radius 1 is 1.11 bits per heavy atom. The van der Waals surface area contributed by atoms with Gasteiger partial charge in [-0.05, 0) is 29.8 Å². The van der Waals surface area contributed by atoms with Crippen LogP contribution >= 0.6 is 11.8 Å². The second-order valence-corrected chi connectivity index (χ2v) is 5.38. The minimum Gasteiger partial charge on any atom is -0.497 e. The summed E-state index contributed by atoms with van der Waals surface area (Å²) in [5.74, 6) is 1.88. The summed E-state index contributed by atoms with van der Waals surface area (Å²) in [4.78, 5) is 1.21. The summed E-state index contributed by atoms with van der Waals surface area (Å²) in [6.45, 7) is 0.716. The standard InChI is InChI=1S/C15H14O2S/c1-16-12-8-6-11(7-9-12)15-10-17-13-4-2-3-5-14(13)18-15/h2-9,15H,10H2,1H3. The van der Waals surface area contributed by atoms with Crippen molar-refractivity contribution < 1.29 is 9.47 Å². The molecule has 0 bridgehead atoms. The van der Waals surface area contributed by atoms with Gasteiger partial charge in [0.05, 0.1) is 17.3 Å². The van der Waals surface area contributed by atoms with E-state index in [1.165, 1.54) is 10.5 Å². The molecule has 0 N–H and O–H groups in total. The molecule has 3 heteroatoms. The Labute approximate surface area is 111 Å². The molecule has 1 aliphatic rings. The van der Waals surface area contributed by atoms with Gasteiger partial charge in [0.15, 0.2) is 0 Å². The molecule has 2 nitrogen and oxygen atoms in total. The van der Waals surface area contributed by atoms with E-state index in [0.29, 0.717) is 11.9 Å². The summed E-state index contributed by atoms with van der Waals surface area (Å²) in [5.41, 5.74) is 1.27. The molecule has 0 spiro atoms. The summed E-state index contributed by atoms with van der Waals surface area (Å²) in [5, 5.41) is 0.353. The molecule has 1 heterocycles. The summed E-state index contributed by atoms with van der Waals surface area (Å²) < 4.78 is 11.0. The SMILES string of the molecule is COc1ccc(C2COc3ccccc3S2)cc1. The van der Waals surface area contributed by atoms with Gasteiger partial charge < -0.3 is 9.47 Å². The number of hydrogen-bond acceptors (Lipinski definition) is 3. The van der Waals surface area contributed by atoms with Gasteiger partial charge in [0, 0.05) is 0 Å². The Bertz CT molecular complexity index is 536. The molecule has 1 aliphatic heterocycles. The van der Waals surface area contributed by atoms with E-state index >= 15 is 0 Å². The van der Waals surface area contributed by atoms with Crippen molar-refractivity contribution in [3.05, 3.63) is 54.1 Å². The molecule has 3 rings (SSSR count). The van der Waals surface area contributed by atoms with E-state index in [2.05, 4.69) is 18.2 Å². The first-order chi connectivity index (χ1) is 8.86. The normalized spacial score (nSPS) is 17.7. The zero-order valence-electron chi connectivity index (χ0n) is 10.1. The molecule has 0 saturated heterocycles. The van der Waals surface area contributed by atoms with Crippen LogP contribution in [0.25, 0.3) is 0 Å². The van der Waals surface area contributed by atoms with Crippen molar-refractivity contribution in [2.75, 3.05) is 13.7 Å². The fraction of sp³-hybridized carbons (Fsp3) is 0.200. The van der Waals surface area contributed by atoms with Gasteiger partial charge in [-0.15, -0.1) is 11.8 Å². The van der Waals surface area contributed by atoms with Gasteiger partial charge in [0.1, 0.15) is 18.1 Å². The Morgan fingerprint density at radius 2 is 1.89 bits per heavy atom. The molecule has 18 heavy (non-hydrogen) atoms. The van der Waals surface area contributed by atoms with Crippen molar-refractivity contribution in [2.45, 2.75) is 10.1 Å². The van der Waals surface area contributed by atoms with Crippen LogP contribution in [0.15, 0.2) is 53.4 Å². The van der Waals surface area contributed by atoms with Gasteiger partial charge >= 0.3 is 0 Å². The lowest BCUT2D eigenvalue weighted by atomic mass is 10.1. The summed E-state index contributed by atoms with van der Waals surface area (Å²) in [6.07, 6.45) is 0. The van der Waals surface area contributed by atoms with Gasteiger partial charge in [-0.1, -0.05) is 24.3 Å². The highest BCUT2D eigenvalue weighted by molar-refractivity contribution is 7.99. The zero-order chi connectivity index (χ0) is 12.4. The highest BCUT2D eigenvalue weighted by Crippen LogP contribution is 2.44. The fourth-order valence-corrected chi connectivity index (χ4v) is 3.14. The quantitative estimate of drug-likeness (QED) is 0.813. The van der Waals surface area contributed by atoms with Crippen LogP contribution in [0.5, 0.6) is 11.5 Å². The van der Waals surface area contributed by atoms with Crippen LogP contribution in [0.2, 0.25) is 0 Å². The van der Waals surface area contributed by atoms with Crippen LogP contribution in [0.1, 0.15) is 10.8 Å². The van der Waals surface area contributed by atoms with E-state index in [-0.39, 0.29) is 0 Å². The first kappa shape index (κ1) is 11.5. The molecule has 0 fully saturated rings. The maximum absolute atomic E-state index is 5.79. The monoisotopic (exact) mass is 258 g/mol. The lowest BCUT2D eigenvalue weighted by molar-refractivity contribution is 0.304. The molecule has 0 radical (unpaired) electrons. The number of thioether (sulfide) groups is 1. The topological polar surface area (TPSA) is 18.5 Å². The van der Waals surface area contributed by atoms with Crippen molar-refractivity contribution in [3.63, 3.8) is 0 Å². The van der Waals surface area contributed by atoms with Crippen molar-refractivity contribution in [3.8, 4) is 11.5 Å². The molecule has 0 aliphatic carbocycles. The third kappa shape index (κ3) is 2.18. The van der Waals surface area contributed by atoms with Gasteiger partial charge in [0.25, 0.3) is 0 Å². The number of para-hydroxylation sites is 1. The van der Waals surface area contributed by atoms with Crippen LogP contribution in [0.4, 0.5) is 0 Å². The summed E-state index contributed by atoms with van der Waals surface area (Å²) in [6, 6.07) is 16.4. The fourth-order valence-electron chi connectivity index (χ4n) is 2.00. The number of ether oxygens (including phenoxy) is 2. The third-order valence-electron chi connectivity index (χ3n) is 3.00. The molecule has 0 amide bonds. The first-order valence-corrected chi connectivity index (χ1v) is 6.77. The van der Waals surface area contributed by atoms with Gasteiger partial charge in [-0.25, -0.2) is 0 Å². The van der Waals surface area contributed by atoms with Crippen LogP contribution in [-0.4, -0.2) is 13.7 Å². The van der Waals surface area contributed by atoms with Crippen molar-refractivity contribution in [2.24, 2.45) is 0 Å². The average molecular weight is 258 g/mol. The number of methoxy groups -OCH3 is 1. The number of benzene rings is 2. The predicted molar refractivity (Wildman–Crippen MR) is 73.5 cm³/mol. The Balaban J connectivity index is 1.82. The predicted octanol–water partition coefficient (Wildman–Crippen LogP) is 3.92. The largest absolute Gasteiger partial charge is 0.497 e. The number of hydrogen-bond donors (Lipinski definition) is 0. The Kier molecular flexibility index (Phi) is 3.15. The minimum atomic E-state index is 0.353. The van der Waals surface area contributed by atoms with E-state index in [1.54, 1.807) is 7.11 Å². The summed E-state index contributed by atoms with van der Waals surface area (Å²) >= 11 is 1.86. The Morgan fingerprint density at radius 3 is 2.67 bits per heavy atom. The molecule has 92 valence electrons. The van der Waals surface area contributed by atoms with Crippen molar-refractivity contribution >= 4 is 11.8 Å². The van der Waals surface area contributed by atoms with Gasteiger partial charge in [-0.3, -0.25) is 0 Å². The Hall–Kier alpha value is -1.61. The molecule has 2 aromatic carbocycles.